The lowest BCUT2D eigenvalue weighted by Gasteiger charge is -2.33. The Morgan fingerprint density at radius 3 is 2.84 bits per heavy atom. The zero-order chi connectivity index (χ0) is 22.3. The molecule has 0 spiro atoms. The lowest BCUT2D eigenvalue weighted by Crippen LogP contribution is -2.43. The van der Waals surface area contributed by atoms with Gasteiger partial charge in [-0.1, -0.05) is 24.3 Å². The lowest BCUT2D eigenvalue weighted by molar-refractivity contribution is -0.136. The topological polar surface area (TPSA) is 78.2 Å². The molecule has 3 aromatic rings. The molecule has 1 aliphatic heterocycles. The van der Waals surface area contributed by atoms with E-state index in [9.17, 15) is 4.79 Å². The van der Waals surface area contributed by atoms with Crippen LogP contribution in [0.25, 0.3) is 21.9 Å². The average Bonchev–Trinajstić information content (AvgIpc) is 2.83. The highest BCUT2D eigenvalue weighted by atomic mass is 16.5. The summed E-state index contributed by atoms with van der Waals surface area (Å²) in [6.45, 7) is 1.61. The zero-order valence-corrected chi connectivity index (χ0v) is 18.4. The van der Waals surface area contributed by atoms with E-state index < -0.39 is 0 Å². The number of nitriles is 1. The van der Waals surface area contributed by atoms with Gasteiger partial charge in [0.25, 0.3) is 0 Å². The van der Waals surface area contributed by atoms with Gasteiger partial charge in [0.1, 0.15) is 6.61 Å². The van der Waals surface area contributed by atoms with Gasteiger partial charge in [-0.05, 0) is 59.5 Å². The molecule has 1 aromatic heterocycles. The summed E-state index contributed by atoms with van der Waals surface area (Å²) >= 11 is 0. The summed E-state index contributed by atoms with van der Waals surface area (Å²) in [6.07, 6.45) is 6.79. The van der Waals surface area contributed by atoms with Crippen LogP contribution in [0.4, 0.5) is 5.69 Å². The van der Waals surface area contributed by atoms with Crippen molar-refractivity contribution in [2.45, 2.75) is 31.7 Å². The quantitative estimate of drug-likeness (QED) is 0.603. The third kappa shape index (κ3) is 5.06. The molecule has 0 unspecified atom stereocenters. The van der Waals surface area contributed by atoms with Crippen molar-refractivity contribution in [3.63, 3.8) is 0 Å². The molecular formula is C26H28N4O2. The SMILES string of the molecule is COCC(=O)N1CCC(Nc2cc(-c3cccc(CCC#N)c3)cc3ccncc23)CC1. The number of anilines is 1. The molecule has 32 heavy (non-hydrogen) atoms. The summed E-state index contributed by atoms with van der Waals surface area (Å²) in [5.41, 5.74) is 4.51. The van der Waals surface area contributed by atoms with Crippen molar-refractivity contribution >= 4 is 22.4 Å². The molecule has 1 fully saturated rings. The van der Waals surface area contributed by atoms with Crippen LogP contribution in [0.2, 0.25) is 0 Å². The summed E-state index contributed by atoms with van der Waals surface area (Å²) in [4.78, 5) is 18.3. The third-order valence-corrected chi connectivity index (χ3v) is 6.02. The maximum atomic E-state index is 12.1. The minimum atomic E-state index is 0.0545. The highest BCUT2D eigenvalue weighted by Crippen LogP contribution is 2.32. The van der Waals surface area contributed by atoms with E-state index in [-0.39, 0.29) is 12.5 Å². The third-order valence-electron chi connectivity index (χ3n) is 6.02. The van der Waals surface area contributed by atoms with Crippen LogP contribution in [0, 0.1) is 11.3 Å². The van der Waals surface area contributed by atoms with Crippen LogP contribution < -0.4 is 5.32 Å². The van der Waals surface area contributed by atoms with Gasteiger partial charge in [0, 0.05) is 56.1 Å². The largest absolute Gasteiger partial charge is 0.382 e. The Morgan fingerprint density at radius 1 is 1.22 bits per heavy atom. The van der Waals surface area contributed by atoms with E-state index in [0.29, 0.717) is 12.5 Å². The van der Waals surface area contributed by atoms with Gasteiger partial charge < -0.3 is 15.0 Å². The summed E-state index contributed by atoms with van der Waals surface area (Å²) in [5, 5.41) is 14.9. The Kier molecular flexibility index (Phi) is 6.98. The van der Waals surface area contributed by atoms with E-state index >= 15 is 0 Å². The predicted octanol–water partition coefficient (Wildman–Crippen LogP) is 4.41. The molecule has 0 aliphatic carbocycles. The molecule has 2 aromatic carbocycles. The first-order chi connectivity index (χ1) is 15.7. The van der Waals surface area contributed by atoms with Crippen LogP contribution in [-0.4, -0.2) is 48.6 Å². The normalized spacial score (nSPS) is 14.3. The Hall–Kier alpha value is -3.43. The molecule has 0 atom stereocenters. The molecule has 1 saturated heterocycles. The van der Waals surface area contributed by atoms with Crippen LogP contribution in [0.5, 0.6) is 0 Å². The number of piperidine rings is 1. The Labute approximate surface area is 188 Å². The van der Waals surface area contributed by atoms with Crippen molar-refractivity contribution in [3.05, 3.63) is 60.4 Å². The second-order valence-corrected chi connectivity index (χ2v) is 8.21. The molecule has 164 valence electrons. The van der Waals surface area contributed by atoms with Gasteiger partial charge in [-0.3, -0.25) is 9.78 Å². The number of amides is 1. The predicted molar refractivity (Wildman–Crippen MR) is 126 cm³/mol. The van der Waals surface area contributed by atoms with Crippen molar-refractivity contribution < 1.29 is 9.53 Å². The van der Waals surface area contributed by atoms with Gasteiger partial charge in [-0.15, -0.1) is 0 Å². The molecule has 0 saturated carbocycles. The van der Waals surface area contributed by atoms with Crippen LogP contribution in [0.15, 0.2) is 54.9 Å². The number of nitrogens with one attached hydrogen (secondary N) is 1. The van der Waals surface area contributed by atoms with Crippen molar-refractivity contribution in [1.82, 2.24) is 9.88 Å². The van der Waals surface area contributed by atoms with Crippen LogP contribution >= 0.6 is 0 Å². The van der Waals surface area contributed by atoms with E-state index in [1.807, 2.05) is 23.4 Å². The maximum Gasteiger partial charge on any atom is 0.248 e. The number of likely N-dealkylation sites (tertiary alicyclic amines) is 1. The number of aryl methyl sites for hydroxylation is 1. The number of carbonyl (C=O) groups is 1. The fourth-order valence-electron chi connectivity index (χ4n) is 4.30. The van der Waals surface area contributed by atoms with E-state index in [4.69, 9.17) is 10.00 Å². The minimum Gasteiger partial charge on any atom is -0.382 e. The smallest absolute Gasteiger partial charge is 0.248 e. The fraction of sp³-hybridized carbons (Fsp3) is 0.346. The molecule has 0 bridgehead atoms. The highest BCUT2D eigenvalue weighted by Gasteiger charge is 2.23. The van der Waals surface area contributed by atoms with Gasteiger partial charge in [-0.2, -0.15) is 5.26 Å². The first-order valence-corrected chi connectivity index (χ1v) is 11.0. The summed E-state index contributed by atoms with van der Waals surface area (Å²) < 4.78 is 4.98. The molecular weight excluding hydrogens is 400 g/mol. The van der Waals surface area contributed by atoms with E-state index in [0.717, 1.165) is 59.9 Å². The number of hydrogen-bond donors (Lipinski definition) is 1. The lowest BCUT2D eigenvalue weighted by atomic mass is 9.97. The molecule has 2 heterocycles. The zero-order valence-electron chi connectivity index (χ0n) is 18.4. The molecule has 6 heteroatoms. The maximum absolute atomic E-state index is 12.1. The molecule has 1 amide bonds. The monoisotopic (exact) mass is 428 g/mol. The number of methoxy groups -OCH3 is 1. The molecule has 4 rings (SSSR count). The number of pyridine rings is 1. The number of nitrogens with zero attached hydrogens (tertiary/aromatic N) is 3. The van der Waals surface area contributed by atoms with Gasteiger partial charge in [-0.25, -0.2) is 0 Å². The van der Waals surface area contributed by atoms with Crippen molar-refractivity contribution in [2.75, 3.05) is 32.1 Å². The van der Waals surface area contributed by atoms with E-state index in [1.165, 1.54) is 5.56 Å². The first kappa shape index (κ1) is 21.8. The molecule has 1 N–H and O–H groups in total. The van der Waals surface area contributed by atoms with Gasteiger partial charge in [0.15, 0.2) is 0 Å². The van der Waals surface area contributed by atoms with E-state index in [1.54, 1.807) is 7.11 Å². The standard InChI is InChI=1S/C26H28N4O2/c1-32-18-26(31)30-12-8-23(9-13-30)29-25-16-22(15-21-7-11-28-17-24(21)25)20-6-2-4-19(14-20)5-3-10-27/h2,4,6-7,11,14-17,23,29H,3,5,8-9,12-13,18H2,1H3. The second kappa shape index (κ2) is 10.3. The van der Waals surface area contributed by atoms with E-state index in [2.05, 4.69) is 52.8 Å². The summed E-state index contributed by atoms with van der Waals surface area (Å²) in [7, 11) is 1.55. The highest BCUT2D eigenvalue weighted by molar-refractivity contribution is 5.97. The van der Waals surface area contributed by atoms with Crippen molar-refractivity contribution in [3.8, 4) is 17.2 Å². The molecule has 6 nitrogen and oxygen atoms in total. The Balaban J connectivity index is 1.57. The summed E-state index contributed by atoms with van der Waals surface area (Å²) in [5.74, 6) is 0.0545. The summed E-state index contributed by atoms with van der Waals surface area (Å²) in [6, 6.07) is 17.3. The molecule has 1 aliphatic rings. The van der Waals surface area contributed by atoms with Gasteiger partial charge in [0.2, 0.25) is 5.91 Å². The fourth-order valence-corrected chi connectivity index (χ4v) is 4.30. The first-order valence-electron chi connectivity index (χ1n) is 11.0. The number of ether oxygens (including phenoxy) is 1. The minimum absolute atomic E-state index is 0.0545. The number of benzene rings is 2. The molecule has 0 radical (unpaired) electrons. The van der Waals surface area contributed by atoms with Gasteiger partial charge >= 0.3 is 0 Å². The number of hydrogen-bond acceptors (Lipinski definition) is 5. The van der Waals surface area contributed by atoms with Crippen molar-refractivity contribution in [1.29, 1.82) is 5.26 Å². The Morgan fingerprint density at radius 2 is 2.06 bits per heavy atom. The van der Waals surface area contributed by atoms with Crippen LogP contribution in [-0.2, 0) is 16.0 Å². The van der Waals surface area contributed by atoms with Crippen LogP contribution in [0.3, 0.4) is 0 Å². The number of rotatable bonds is 7. The van der Waals surface area contributed by atoms with Crippen molar-refractivity contribution in [2.24, 2.45) is 0 Å². The number of carbonyl (C=O) groups excluding carboxylic acids is 1. The van der Waals surface area contributed by atoms with Crippen LogP contribution in [0.1, 0.15) is 24.8 Å². The second-order valence-electron chi connectivity index (χ2n) is 8.21. The Bertz CT molecular complexity index is 1130. The van der Waals surface area contributed by atoms with Gasteiger partial charge in [0.05, 0.1) is 6.07 Å². The number of fused-ring (bicyclic) bond motifs is 1. The average molecular weight is 429 g/mol. The number of aromatic nitrogens is 1.